The Morgan fingerprint density at radius 2 is 2.00 bits per heavy atom. The maximum absolute atomic E-state index is 12.0. The molecule has 1 N–H and O–H groups in total. The minimum atomic E-state index is -4.49. The monoisotopic (exact) mass is 302 g/mol. The number of piperidine rings is 1. The minimum absolute atomic E-state index is 0.0295. The molecule has 8 heteroatoms. The number of hydrogen-bond acceptors (Lipinski definition) is 4. The molecule has 0 bridgehead atoms. The van der Waals surface area contributed by atoms with E-state index in [9.17, 15) is 18.0 Å². The zero-order valence-electron chi connectivity index (χ0n) is 11.5. The molecule has 0 spiro atoms. The number of amides is 1. The molecule has 1 aliphatic rings. The smallest absolute Gasteiger partial charge is 0.350 e. The lowest BCUT2D eigenvalue weighted by molar-refractivity contribution is -0.153. The first-order valence-corrected chi connectivity index (χ1v) is 6.84. The SMILES string of the molecule is O=C(CC(F)(F)F)NCc1ccnc(N2CCCCC2)n1. The Balaban J connectivity index is 1.90. The zero-order chi connectivity index (χ0) is 15.3. The topological polar surface area (TPSA) is 58.1 Å². The maximum atomic E-state index is 12.0. The summed E-state index contributed by atoms with van der Waals surface area (Å²) in [5.41, 5.74) is 0.501. The van der Waals surface area contributed by atoms with Crippen molar-refractivity contribution < 1.29 is 18.0 Å². The molecule has 21 heavy (non-hydrogen) atoms. The van der Waals surface area contributed by atoms with E-state index in [0.717, 1.165) is 25.9 Å². The Kier molecular flexibility index (Phi) is 4.98. The van der Waals surface area contributed by atoms with Crippen molar-refractivity contribution in [2.24, 2.45) is 0 Å². The van der Waals surface area contributed by atoms with E-state index in [2.05, 4.69) is 15.3 Å². The predicted molar refractivity (Wildman–Crippen MR) is 70.6 cm³/mol. The summed E-state index contributed by atoms with van der Waals surface area (Å²) in [5, 5.41) is 2.22. The van der Waals surface area contributed by atoms with E-state index in [4.69, 9.17) is 0 Å². The molecule has 1 aromatic rings. The molecule has 2 rings (SSSR count). The van der Waals surface area contributed by atoms with Gasteiger partial charge in [-0.1, -0.05) is 0 Å². The van der Waals surface area contributed by atoms with Gasteiger partial charge in [0.2, 0.25) is 11.9 Å². The highest BCUT2D eigenvalue weighted by atomic mass is 19.4. The van der Waals surface area contributed by atoms with Crippen molar-refractivity contribution in [3.63, 3.8) is 0 Å². The Bertz CT molecular complexity index is 487. The van der Waals surface area contributed by atoms with Crippen molar-refractivity contribution >= 4 is 11.9 Å². The highest BCUT2D eigenvalue weighted by Crippen LogP contribution is 2.19. The molecule has 0 aliphatic carbocycles. The number of carbonyl (C=O) groups excluding carboxylic acids is 1. The maximum Gasteiger partial charge on any atom is 0.397 e. The molecule has 0 radical (unpaired) electrons. The van der Waals surface area contributed by atoms with Crippen LogP contribution in [0.25, 0.3) is 0 Å². The summed E-state index contributed by atoms with van der Waals surface area (Å²) in [6.07, 6.45) is -1.07. The summed E-state index contributed by atoms with van der Waals surface area (Å²) >= 11 is 0. The normalized spacial score (nSPS) is 15.9. The molecule has 2 heterocycles. The van der Waals surface area contributed by atoms with Crippen molar-refractivity contribution in [3.8, 4) is 0 Å². The summed E-state index contributed by atoms with van der Waals surface area (Å²) in [7, 11) is 0. The van der Waals surface area contributed by atoms with Crippen LogP contribution in [-0.2, 0) is 11.3 Å². The molecule has 0 unspecified atom stereocenters. The van der Waals surface area contributed by atoms with E-state index in [0.29, 0.717) is 11.6 Å². The van der Waals surface area contributed by atoms with Gasteiger partial charge in [0.15, 0.2) is 0 Å². The fraction of sp³-hybridized carbons (Fsp3) is 0.615. The predicted octanol–water partition coefficient (Wildman–Crippen LogP) is 2.04. The van der Waals surface area contributed by atoms with Gasteiger partial charge in [-0.2, -0.15) is 13.2 Å². The number of carbonyl (C=O) groups is 1. The third-order valence-corrected chi connectivity index (χ3v) is 3.17. The first kappa shape index (κ1) is 15.5. The van der Waals surface area contributed by atoms with Crippen molar-refractivity contribution in [2.45, 2.75) is 38.4 Å². The van der Waals surface area contributed by atoms with Gasteiger partial charge in [-0.25, -0.2) is 9.97 Å². The van der Waals surface area contributed by atoms with Crippen molar-refractivity contribution in [2.75, 3.05) is 18.0 Å². The molecular formula is C13H17F3N4O. The number of anilines is 1. The van der Waals surface area contributed by atoms with Crippen LogP contribution in [0.3, 0.4) is 0 Å². The number of alkyl halides is 3. The van der Waals surface area contributed by atoms with E-state index in [1.165, 1.54) is 6.42 Å². The Morgan fingerprint density at radius 1 is 1.29 bits per heavy atom. The van der Waals surface area contributed by atoms with Crippen molar-refractivity contribution in [1.82, 2.24) is 15.3 Å². The van der Waals surface area contributed by atoms with Gasteiger partial charge >= 0.3 is 6.18 Å². The first-order chi connectivity index (χ1) is 9.94. The summed E-state index contributed by atoms with van der Waals surface area (Å²) in [4.78, 5) is 21.6. The lowest BCUT2D eigenvalue weighted by Gasteiger charge is -2.26. The largest absolute Gasteiger partial charge is 0.397 e. The van der Waals surface area contributed by atoms with Crippen LogP contribution in [0.2, 0.25) is 0 Å². The molecule has 5 nitrogen and oxygen atoms in total. The molecule has 1 amide bonds. The van der Waals surface area contributed by atoms with Gasteiger partial charge in [0, 0.05) is 19.3 Å². The van der Waals surface area contributed by atoms with Crippen LogP contribution in [0, 0.1) is 0 Å². The van der Waals surface area contributed by atoms with Crippen molar-refractivity contribution in [3.05, 3.63) is 18.0 Å². The second kappa shape index (κ2) is 6.73. The van der Waals surface area contributed by atoms with E-state index in [1.807, 2.05) is 4.90 Å². The number of nitrogens with zero attached hydrogens (tertiary/aromatic N) is 3. The van der Waals surface area contributed by atoms with E-state index < -0.39 is 18.5 Å². The molecule has 116 valence electrons. The van der Waals surface area contributed by atoms with E-state index >= 15 is 0 Å². The third-order valence-electron chi connectivity index (χ3n) is 3.17. The van der Waals surface area contributed by atoms with Gasteiger partial charge < -0.3 is 10.2 Å². The van der Waals surface area contributed by atoms with Crippen LogP contribution in [0.15, 0.2) is 12.3 Å². The number of rotatable bonds is 4. The lowest BCUT2D eigenvalue weighted by Crippen LogP contribution is -2.32. The average Bonchev–Trinajstić information content (AvgIpc) is 2.45. The molecule has 1 aliphatic heterocycles. The summed E-state index contributed by atoms with van der Waals surface area (Å²) in [5.74, 6) is -0.488. The van der Waals surface area contributed by atoms with Gasteiger partial charge in [-0.15, -0.1) is 0 Å². The molecule has 0 aromatic carbocycles. The highest BCUT2D eigenvalue weighted by Gasteiger charge is 2.31. The standard InChI is InChI=1S/C13H17F3N4O/c14-13(15,16)8-11(21)18-9-10-4-5-17-12(19-10)20-6-2-1-3-7-20/h4-5H,1-3,6-9H2,(H,18,21). The minimum Gasteiger partial charge on any atom is -0.350 e. The lowest BCUT2D eigenvalue weighted by atomic mass is 10.1. The van der Waals surface area contributed by atoms with Gasteiger partial charge in [-0.05, 0) is 25.3 Å². The van der Waals surface area contributed by atoms with Crippen LogP contribution in [-0.4, -0.2) is 35.1 Å². The third kappa shape index (κ3) is 5.20. The average molecular weight is 302 g/mol. The van der Waals surface area contributed by atoms with Gasteiger partial charge in [0.25, 0.3) is 0 Å². The fourth-order valence-electron chi connectivity index (χ4n) is 2.16. The highest BCUT2D eigenvalue weighted by molar-refractivity contribution is 5.76. The quantitative estimate of drug-likeness (QED) is 0.924. The number of hydrogen-bond donors (Lipinski definition) is 1. The number of nitrogens with one attached hydrogen (secondary N) is 1. The summed E-state index contributed by atoms with van der Waals surface area (Å²) in [6, 6.07) is 1.58. The molecular weight excluding hydrogens is 285 g/mol. The van der Waals surface area contributed by atoms with Gasteiger partial charge in [-0.3, -0.25) is 4.79 Å². The van der Waals surface area contributed by atoms with Crippen LogP contribution in [0.5, 0.6) is 0 Å². The second-order valence-corrected chi connectivity index (χ2v) is 4.96. The Labute approximate surface area is 120 Å². The van der Waals surface area contributed by atoms with E-state index in [1.54, 1.807) is 12.3 Å². The summed E-state index contributed by atoms with van der Waals surface area (Å²) < 4.78 is 36.1. The second-order valence-electron chi connectivity index (χ2n) is 4.96. The van der Waals surface area contributed by atoms with E-state index in [-0.39, 0.29) is 6.54 Å². The first-order valence-electron chi connectivity index (χ1n) is 6.84. The Morgan fingerprint density at radius 3 is 2.67 bits per heavy atom. The number of halogens is 3. The van der Waals surface area contributed by atoms with Crippen LogP contribution >= 0.6 is 0 Å². The molecule has 1 aromatic heterocycles. The molecule has 0 saturated carbocycles. The van der Waals surface area contributed by atoms with Crippen LogP contribution in [0.4, 0.5) is 19.1 Å². The molecule has 0 atom stereocenters. The zero-order valence-corrected chi connectivity index (χ0v) is 11.5. The van der Waals surface area contributed by atoms with Crippen LogP contribution < -0.4 is 10.2 Å². The Hall–Kier alpha value is -1.86. The van der Waals surface area contributed by atoms with Gasteiger partial charge in [0.1, 0.15) is 6.42 Å². The summed E-state index contributed by atoms with van der Waals surface area (Å²) in [6.45, 7) is 1.73. The molecule has 1 saturated heterocycles. The fourth-order valence-corrected chi connectivity index (χ4v) is 2.16. The molecule has 1 fully saturated rings. The van der Waals surface area contributed by atoms with Crippen LogP contribution in [0.1, 0.15) is 31.4 Å². The number of aromatic nitrogens is 2. The van der Waals surface area contributed by atoms with Gasteiger partial charge in [0.05, 0.1) is 12.2 Å². The van der Waals surface area contributed by atoms with Crippen molar-refractivity contribution in [1.29, 1.82) is 0 Å².